The van der Waals surface area contributed by atoms with Crippen LogP contribution in [0.2, 0.25) is 0 Å². The van der Waals surface area contributed by atoms with E-state index in [0.717, 1.165) is 6.07 Å². The first kappa shape index (κ1) is 17.3. The first-order chi connectivity index (χ1) is 11.5. The van der Waals surface area contributed by atoms with E-state index in [1.165, 1.54) is 12.1 Å². The van der Waals surface area contributed by atoms with Crippen LogP contribution in [0.4, 0.5) is 11.5 Å². The summed E-state index contributed by atoms with van der Waals surface area (Å²) in [5, 5.41) is 16.3. The van der Waals surface area contributed by atoms with Gasteiger partial charge in [0, 0.05) is 17.8 Å². The average Bonchev–Trinajstić information content (AvgIpc) is 2.56. The molecule has 1 aromatic carbocycles. The van der Waals surface area contributed by atoms with E-state index in [0.29, 0.717) is 5.82 Å². The Labute approximate surface area is 143 Å². The molecular weight excluding hydrogens is 332 g/mol. The van der Waals surface area contributed by atoms with E-state index in [-0.39, 0.29) is 28.7 Å². The third-order valence-corrected chi connectivity index (χ3v) is 3.06. The minimum atomic E-state index is -0.605. The van der Waals surface area contributed by atoms with Crippen molar-refractivity contribution in [1.29, 1.82) is 0 Å². The summed E-state index contributed by atoms with van der Waals surface area (Å²) in [7, 11) is 0. The maximum Gasteiger partial charge on any atom is 0.311 e. The van der Waals surface area contributed by atoms with Crippen LogP contribution in [-0.4, -0.2) is 27.5 Å². The van der Waals surface area contributed by atoms with Crippen LogP contribution in [0.1, 0.15) is 17.3 Å². The van der Waals surface area contributed by atoms with E-state index in [9.17, 15) is 14.9 Å². The standard InChI is InChI=1S/C15H14N4O4S/c1-2-23-12-7-6-10(9-11(12)19(21)22)14(20)18-15(24)17-13-5-3-4-8-16-13/h3-9H,2H2,1H3,(H2,16,17,18,20,24). The summed E-state index contributed by atoms with van der Waals surface area (Å²) in [6, 6.07) is 9.13. The molecule has 0 unspecified atom stereocenters. The summed E-state index contributed by atoms with van der Waals surface area (Å²) in [6.07, 6.45) is 1.57. The first-order valence-electron chi connectivity index (χ1n) is 6.96. The lowest BCUT2D eigenvalue weighted by Gasteiger charge is -2.09. The Hall–Kier alpha value is -3.07. The molecule has 0 fully saturated rings. The molecule has 2 N–H and O–H groups in total. The Morgan fingerprint density at radius 1 is 1.38 bits per heavy atom. The van der Waals surface area contributed by atoms with Crippen molar-refractivity contribution < 1.29 is 14.5 Å². The number of nitro groups is 1. The summed E-state index contributed by atoms with van der Waals surface area (Å²) in [6.45, 7) is 2.00. The molecule has 2 aromatic rings. The van der Waals surface area contributed by atoms with Crippen molar-refractivity contribution in [2.75, 3.05) is 11.9 Å². The zero-order valence-electron chi connectivity index (χ0n) is 12.7. The number of pyridine rings is 1. The van der Waals surface area contributed by atoms with Crippen LogP contribution in [0.5, 0.6) is 5.75 Å². The highest BCUT2D eigenvalue weighted by Gasteiger charge is 2.19. The van der Waals surface area contributed by atoms with Gasteiger partial charge in [-0.2, -0.15) is 0 Å². The molecule has 1 aromatic heterocycles. The normalized spacial score (nSPS) is 9.88. The van der Waals surface area contributed by atoms with Crippen molar-refractivity contribution in [3.63, 3.8) is 0 Å². The van der Waals surface area contributed by atoms with Crippen molar-refractivity contribution in [3.05, 3.63) is 58.3 Å². The van der Waals surface area contributed by atoms with Crippen LogP contribution in [0.15, 0.2) is 42.6 Å². The van der Waals surface area contributed by atoms with Gasteiger partial charge in [-0.1, -0.05) is 6.07 Å². The van der Waals surface area contributed by atoms with Gasteiger partial charge in [-0.25, -0.2) is 4.98 Å². The highest BCUT2D eigenvalue weighted by atomic mass is 32.1. The number of carbonyl (C=O) groups excluding carboxylic acids is 1. The molecule has 8 nitrogen and oxygen atoms in total. The molecule has 0 saturated heterocycles. The quantitative estimate of drug-likeness (QED) is 0.487. The fourth-order valence-electron chi connectivity index (χ4n) is 1.84. The van der Waals surface area contributed by atoms with Gasteiger partial charge < -0.3 is 10.1 Å². The molecule has 1 amide bonds. The van der Waals surface area contributed by atoms with Crippen LogP contribution in [0, 0.1) is 10.1 Å². The third kappa shape index (κ3) is 4.46. The van der Waals surface area contributed by atoms with E-state index in [2.05, 4.69) is 15.6 Å². The molecule has 124 valence electrons. The van der Waals surface area contributed by atoms with Crippen LogP contribution in [0.25, 0.3) is 0 Å². The summed E-state index contributed by atoms with van der Waals surface area (Å²) in [5.74, 6) is 0.00305. The van der Waals surface area contributed by atoms with E-state index >= 15 is 0 Å². The monoisotopic (exact) mass is 346 g/mol. The maximum atomic E-state index is 12.2. The highest BCUT2D eigenvalue weighted by molar-refractivity contribution is 7.80. The van der Waals surface area contributed by atoms with Gasteiger partial charge in [-0.05, 0) is 43.4 Å². The van der Waals surface area contributed by atoms with Crippen LogP contribution >= 0.6 is 12.2 Å². The lowest BCUT2D eigenvalue weighted by atomic mass is 10.1. The number of amides is 1. The molecule has 0 aliphatic carbocycles. The number of nitrogens with one attached hydrogen (secondary N) is 2. The van der Waals surface area contributed by atoms with Gasteiger partial charge in [-0.3, -0.25) is 20.2 Å². The molecule has 0 radical (unpaired) electrons. The number of nitro benzene ring substituents is 1. The number of carbonyl (C=O) groups is 1. The number of anilines is 1. The summed E-state index contributed by atoms with van der Waals surface area (Å²) in [4.78, 5) is 26.7. The summed E-state index contributed by atoms with van der Waals surface area (Å²) in [5.41, 5.74) is -0.191. The molecule has 0 aliphatic rings. The lowest BCUT2D eigenvalue weighted by Crippen LogP contribution is -2.34. The van der Waals surface area contributed by atoms with Gasteiger partial charge >= 0.3 is 5.69 Å². The zero-order valence-corrected chi connectivity index (χ0v) is 13.5. The number of ether oxygens (including phenoxy) is 1. The Morgan fingerprint density at radius 3 is 2.79 bits per heavy atom. The fraction of sp³-hybridized carbons (Fsp3) is 0.133. The number of benzene rings is 1. The fourth-order valence-corrected chi connectivity index (χ4v) is 2.04. The van der Waals surface area contributed by atoms with Crippen LogP contribution in [0.3, 0.4) is 0 Å². The van der Waals surface area contributed by atoms with Crippen molar-refractivity contribution in [2.24, 2.45) is 0 Å². The molecule has 9 heteroatoms. The molecule has 1 heterocycles. The molecule has 2 rings (SSSR count). The second kappa shape index (κ2) is 7.97. The second-order valence-electron chi connectivity index (χ2n) is 4.50. The Balaban J connectivity index is 2.10. The molecule has 0 bridgehead atoms. The largest absolute Gasteiger partial charge is 0.487 e. The van der Waals surface area contributed by atoms with E-state index < -0.39 is 10.8 Å². The zero-order chi connectivity index (χ0) is 17.5. The van der Waals surface area contributed by atoms with Gasteiger partial charge in [0.05, 0.1) is 11.5 Å². The number of hydrogen-bond donors (Lipinski definition) is 2. The second-order valence-corrected chi connectivity index (χ2v) is 4.90. The van der Waals surface area contributed by atoms with Gasteiger partial charge in [0.15, 0.2) is 10.9 Å². The van der Waals surface area contributed by atoms with E-state index in [4.69, 9.17) is 17.0 Å². The molecule has 0 saturated carbocycles. The topological polar surface area (TPSA) is 106 Å². The predicted octanol–water partition coefficient (Wildman–Crippen LogP) is 2.52. The minimum Gasteiger partial charge on any atom is -0.487 e. The smallest absolute Gasteiger partial charge is 0.311 e. The summed E-state index contributed by atoms with van der Waals surface area (Å²) < 4.78 is 5.17. The predicted molar refractivity (Wildman–Crippen MR) is 92.2 cm³/mol. The van der Waals surface area contributed by atoms with Gasteiger partial charge in [-0.15, -0.1) is 0 Å². The third-order valence-electron chi connectivity index (χ3n) is 2.85. The summed E-state index contributed by atoms with van der Waals surface area (Å²) >= 11 is 5.02. The molecule has 0 atom stereocenters. The SMILES string of the molecule is CCOc1ccc(C(=O)NC(=S)Nc2ccccn2)cc1[N+](=O)[O-]. The lowest BCUT2D eigenvalue weighted by molar-refractivity contribution is -0.385. The van der Waals surface area contributed by atoms with Gasteiger partial charge in [0.1, 0.15) is 5.82 Å². The number of hydrogen-bond acceptors (Lipinski definition) is 6. The van der Waals surface area contributed by atoms with Crippen molar-refractivity contribution in [2.45, 2.75) is 6.92 Å². The van der Waals surface area contributed by atoms with Crippen molar-refractivity contribution in [1.82, 2.24) is 10.3 Å². The maximum absolute atomic E-state index is 12.2. The van der Waals surface area contributed by atoms with Crippen molar-refractivity contribution >= 4 is 34.7 Å². The van der Waals surface area contributed by atoms with Gasteiger partial charge in [0.2, 0.25) is 0 Å². The molecule has 0 spiro atoms. The molecular formula is C15H14N4O4S. The van der Waals surface area contributed by atoms with Crippen LogP contribution in [-0.2, 0) is 0 Å². The Kier molecular flexibility index (Phi) is 5.74. The first-order valence-corrected chi connectivity index (χ1v) is 7.36. The highest BCUT2D eigenvalue weighted by Crippen LogP contribution is 2.27. The van der Waals surface area contributed by atoms with E-state index in [1.54, 1.807) is 31.3 Å². The Bertz CT molecular complexity index is 767. The number of nitrogens with zero attached hydrogens (tertiary/aromatic N) is 2. The Morgan fingerprint density at radius 2 is 2.17 bits per heavy atom. The van der Waals surface area contributed by atoms with Gasteiger partial charge in [0.25, 0.3) is 5.91 Å². The van der Waals surface area contributed by atoms with Crippen LogP contribution < -0.4 is 15.4 Å². The average molecular weight is 346 g/mol. The molecule has 0 aliphatic heterocycles. The number of rotatable bonds is 5. The number of aromatic nitrogens is 1. The van der Waals surface area contributed by atoms with E-state index in [1.807, 2.05) is 0 Å². The van der Waals surface area contributed by atoms with Crippen molar-refractivity contribution in [3.8, 4) is 5.75 Å². The molecule has 24 heavy (non-hydrogen) atoms. The number of thiocarbonyl (C=S) groups is 1. The minimum absolute atomic E-state index is 0.0373.